The van der Waals surface area contributed by atoms with Crippen molar-refractivity contribution in [1.82, 2.24) is 0 Å². The second-order valence-electron chi connectivity index (χ2n) is 13.7. The molecular weight excluding hydrogens is 376 g/mol. The van der Waals surface area contributed by atoms with Crippen LogP contribution in [0.5, 0.6) is 0 Å². The molecule has 7 unspecified atom stereocenters. The summed E-state index contributed by atoms with van der Waals surface area (Å²) in [7, 11) is 0. The summed E-state index contributed by atoms with van der Waals surface area (Å²) in [5, 5.41) is 10.8. The van der Waals surface area contributed by atoms with Gasteiger partial charge in [0, 0.05) is 0 Å². The van der Waals surface area contributed by atoms with Crippen LogP contribution < -0.4 is 0 Å². The van der Waals surface area contributed by atoms with E-state index in [0.29, 0.717) is 28.1 Å². The van der Waals surface area contributed by atoms with Crippen molar-refractivity contribution in [3.63, 3.8) is 0 Å². The van der Waals surface area contributed by atoms with Crippen LogP contribution in [0.2, 0.25) is 0 Å². The van der Waals surface area contributed by atoms with E-state index in [0.717, 1.165) is 18.3 Å². The molecule has 7 atom stereocenters. The highest BCUT2D eigenvalue weighted by Crippen LogP contribution is 2.72. The molecule has 4 aliphatic rings. The van der Waals surface area contributed by atoms with E-state index >= 15 is 0 Å². The van der Waals surface area contributed by atoms with Gasteiger partial charge in [0.25, 0.3) is 0 Å². The van der Waals surface area contributed by atoms with Gasteiger partial charge in [-0.2, -0.15) is 0 Å². The van der Waals surface area contributed by atoms with Crippen molar-refractivity contribution in [1.29, 1.82) is 0 Å². The quantitative estimate of drug-likeness (QED) is 0.448. The first kappa shape index (κ1) is 23.6. The molecule has 0 aromatic heterocycles. The molecule has 0 amide bonds. The molecule has 0 aliphatic heterocycles. The Kier molecular flexibility index (Phi) is 5.90. The maximum Gasteiger partial charge on any atom is 0.0594 e. The topological polar surface area (TPSA) is 20.2 Å². The number of fused-ring (bicyclic) bond motifs is 4. The Morgan fingerprint density at radius 2 is 1.61 bits per heavy atom. The minimum absolute atomic E-state index is 0.0428. The average Bonchev–Trinajstić information content (AvgIpc) is 2.96. The van der Waals surface area contributed by atoms with Gasteiger partial charge in [-0.1, -0.05) is 78.7 Å². The minimum atomic E-state index is -0.133. The number of hydrogen-bond acceptors (Lipinski definition) is 1. The van der Waals surface area contributed by atoms with Crippen LogP contribution in [0.1, 0.15) is 113 Å². The highest BCUT2D eigenvalue weighted by Gasteiger charge is 2.63. The van der Waals surface area contributed by atoms with Gasteiger partial charge in [-0.15, -0.1) is 0 Å². The summed E-state index contributed by atoms with van der Waals surface area (Å²) in [6, 6.07) is 0. The molecule has 31 heavy (non-hydrogen) atoms. The van der Waals surface area contributed by atoms with Gasteiger partial charge in [-0.05, 0) is 103 Å². The fourth-order valence-electron chi connectivity index (χ4n) is 9.26. The molecule has 0 heterocycles. The van der Waals surface area contributed by atoms with Crippen LogP contribution in [-0.2, 0) is 0 Å². The monoisotopic (exact) mass is 426 g/mol. The summed E-state index contributed by atoms with van der Waals surface area (Å²) < 4.78 is 0. The van der Waals surface area contributed by atoms with Crippen LogP contribution in [0.25, 0.3) is 0 Å². The Balaban J connectivity index is 1.66. The third-order valence-corrected chi connectivity index (χ3v) is 11.5. The standard InChI is InChI=1S/C30H50O/c1-20(2)10-9-11-21(3)22-14-18-30(8)24-12-13-25-27(4,5)26(31)16-17-28(25,6)23(24)15-19-29(22,30)7/h9,11,20-22,25-26,31H,10,12-19H2,1-8H3. The summed E-state index contributed by atoms with van der Waals surface area (Å²) >= 11 is 0. The number of allylic oxidation sites excluding steroid dienone is 4. The lowest BCUT2D eigenvalue weighted by Crippen LogP contribution is -2.55. The molecule has 1 heteroatoms. The van der Waals surface area contributed by atoms with Crippen molar-refractivity contribution in [3.8, 4) is 0 Å². The van der Waals surface area contributed by atoms with Crippen LogP contribution in [0, 0.1) is 45.3 Å². The molecule has 2 saturated carbocycles. The predicted molar refractivity (Wildman–Crippen MR) is 133 cm³/mol. The van der Waals surface area contributed by atoms with Gasteiger partial charge >= 0.3 is 0 Å². The number of hydrogen-bond donors (Lipinski definition) is 1. The summed E-state index contributed by atoms with van der Waals surface area (Å²) in [5.74, 6) is 2.88. The first-order valence-electron chi connectivity index (χ1n) is 13.5. The van der Waals surface area contributed by atoms with Gasteiger partial charge < -0.3 is 5.11 Å². The molecule has 0 radical (unpaired) electrons. The smallest absolute Gasteiger partial charge is 0.0594 e. The maximum absolute atomic E-state index is 10.8. The molecule has 176 valence electrons. The second kappa shape index (κ2) is 7.75. The first-order chi connectivity index (χ1) is 14.4. The SMILES string of the molecule is CC(C)CC=CC(C)C1CCC2(C)C3=C(CCC12C)C1(C)CCC(O)C(C)(C)C1CC3. The van der Waals surface area contributed by atoms with Gasteiger partial charge in [0.05, 0.1) is 6.10 Å². The Morgan fingerprint density at radius 1 is 0.903 bits per heavy atom. The van der Waals surface area contributed by atoms with E-state index < -0.39 is 0 Å². The largest absolute Gasteiger partial charge is 0.393 e. The van der Waals surface area contributed by atoms with E-state index in [1.54, 1.807) is 0 Å². The fraction of sp³-hybridized carbons (Fsp3) is 0.867. The average molecular weight is 427 g/mol. The molecule has 0 saturated heterocycles. The molecule has 4 rings (SSSR count). The number of rotatable bonds is 4. The fourth-order valence-corrected chi connectivity index (χ4v) is 9.26. The highest BCUT2D eigenvalue weighted by atomic mass is 16.3. The lowest BCUT2D eigenvalue weighted by atomic mass is 9.43. The summed E-state index contributed by atoms with van der Waals surface area (Å²) in [4.78, 5) is 0. The zero-order chi connectivity index (χ0) is 22.8. The summed E-state index contributed by atoms with van der Waals surface area (Å²) in [6.45, 7) is 19.7. The lowest BCUT2D eigenvalue weighted by Gasteiger charge is -2.62. The Labute approximate surface area is 193 Å². The zero-order valence-electron chi connectivity index (χ0n) is 21.9. The van der Waals surface area contributed by atoms with Crippen LogP contribution in [-0.4, -0.2) is 11.2 Å². The Hall–Kier alpha value is -0.560. The third-order valence-electron chi connectivity index (χ3n) is 11.5. The van der Waals surface area contributed by atoms with Crippen molar-refractivity contribution >= 4 is 0 Å². The van der Waals surface area contributed by atoms with E-state index in [9.17, 15) is 5.11 Å². The minimum Gasteiger partial charge on any atom is -0.393 e. The van der Waals surface area contributed by atoms with Crippen molar-refractivity contribution in [2.24, 2.45) is 45.3 Å². The van der Waals surface area contributed by atoms with Gasteiger partial charge in [0.15, 0.2) is 0 Å². The molecule has 1 N–H and O–H groups in total. The first-order valence-corrected chi connectivity index (χ1v) is 13.5. The van der Waals surface area contributed by atoms with Crippen LogP contribution >= 0.6 is 0 Å². The van der Waals surface area contributed by atoms with Gasteiger partial charge in [-0.3, -0.25) is 0 Å². The Bertz CT molecular complexity index is 756. The van der Waals surface area contributed by atoms with E-state index in [1.165, 1.54) is 51.4 Å². The van der Waals surface area contributed by atoms with Crippen molar-refractivity contribution in [2.45, 2.75) is 119 Å². The lowest BCUT2D eigenvalue weighted by molar-refractivity contribution is -0.0960. The predicted octanol–water partition coefficient (Wildman–Crippen LogP) is 8.34. The van der Waals surface area contributed by atoms with Gasteiger partial charge in [0.2, 0.25) is 0 Å². The third kappa shape index (κ3) is 3.34. The van der Waals surface area contributed by atoms with Crippen LogP contribution in [0.3, 0.4) is 0 Å². The van der Waals surface area contributed by atoms with E-state index in [-0.39, 0.29) is 11.5 Å². The van der Waals surface area contributed by atoms with Gasteiger partial charge in [0.1, 0.15) is 0 Å². The van der Waals surface area contributed by atoms with E-state index in [2.05, 4.69) is 67.5 Å². The molecule has 0 bridgehead atoms. The second-order valence-corrected chi connectivity index (χ2v) is 13.7. The normalized spacial score (nSPS) is 45.5. The summed E-state index contributed by atoms with van der Waals surface area (Å²) in [6.07, 6.45) is 16.2. The highest BCUT2D eigenvalue weighted by molar-refractivity contribution is 5.39. The molecule has 4 aliphatic carbocycles. The summed E-state index contributed by atoms with van der Waals surface area (Å²) in [5.41, 5.74) is 4.86. The van der Waals surface area contributed by atoms with Crippen LogP contribution in [0.4, 0.5) is 0 Å². The maximum atomic E-state index is 10.8. The van der Waals surface area contributed by atoms with Crippen molar-refractivity contribution in [3.05, 3.63) is 23.3 Å². The molecule has 0 aromatic rings. The zero-order valence-corrected chi connectivity index (χ0v) is 21.9. The molecule has 2 fully saturated rings. The number of aliphatic hydroxyl groups is 1. The van der Waals surface area contributed by atoms with Crippen molar-refractivity contribution in [2.75, 3.05) is 0 Å². The van der Waals surface area contributed by atoms with E-state index in [4.69, 9.17) is 0 Å². The molecular formula is C30H50O. The van der Waals surface area contributed by atoms with Gasteiger partial charge in [-0.25, -0.2) is 0 Å². The molecule has 0 aromatic carbocycles. The van der Waals surface area contributed by atoms with Crippen LogP contribution in [0.15, 0.2) is 23.3 Å². The molecule has 1 nitrogen and oxygen atoms in total. The molecule has 0 spiro atoms. The number of aliphatic hydroxyl groups excluding tert-OH is 1. The van der Waals surface area contributed by atoms with E-state index in [1.807, 2.05) is 11.1 Å². The Morgan fingerprint density at radius 3 is 2.29 bits per heavy atom. The van der Waals surface area contributed by atoms with Crippen molar-refractivity contribution < 1.29 is 5.11 Å².